The number of carbonyl (C=O) groups excluding carboxylic acids is 2. The van der Waals surface area contributed by atoms with Gasteiger partial charge >= 0.3 is 6.03 Å². The van der Waals surface area contributed by atoms with Crippen molar-refractivity contribution in [1.82, 2.24) is 15.1 Å². The Balaban J connectivity index is 2.68. The summed E-state index contributed by atoms with van der Waals surface area (Å²) in [6, 6.07) is -0.333. The van der Waals surface area contributed by atoms with Crippen LogP contribution in [0.15, 0.2) is 0 Å². The summed E-state index contributed by atoms with van der Waals surface area (Å²) in [5.41, 5.74) is 0. The van der Waals surface area contributed by atoms with Crippen molar-refractivity contribution in [2.24, 2.45) is 0 Å². The van der Waals surface area contributed by atoms with Crippen molar-refractivity contribution in [2.45, 2.75) is 25.8 Å². The van der Waals surface area contributed by atoms with Crippen LogP contribution in [0.25, 0.3) is 0 Å². The third-order valence-corrected chi connectivity index (χ3v) is 2.85. The number of likely N-dealkylation sites (N-methyl/N-ethyl adjacent to an activating group) is 1. The zero-order valence-electron chi connectivity index (χ0n) is 9.62. The molecular formula is C10H19N3O2. The number of hydrogen-bond donors (Lipinski definition) is 1. The standard InChI is InChI=1S/C10H19N3O2/c1-4-12(3)10(15)13-7-5-6-8(13)9(14)11-2/h8H,4-7H2,1-3H3,(H,11,14). The van der Waals surface area contributed by atoms with Crippen molar-refractivity contribution >= 4 is 11.9 Å². The summed E-state index contributed by atoms with van der Waals surface area (Å²) >= 11 is 0. The molecule has 15 heavy (non-hydrogen) atoms. The highest BCUT2D eigenvalue weighted by Crippen LogP contribution is 2.18. The highest BCUT2D eigenvalue weighted by molar-refractivity contribution is 5.87. The maximum atomic E-state index is 11.9. The van der Waals surface area contributed by atoms with Crippen LogP contribution < -0.4 is 5.32 Å². The van der Waals surface area contributed by atoms with Crippen LogP contribution in [-0.4, -0.2) is 55.0 Å². The van der Waals surface area contributed by atoms with E-state index in [4.69, 9.17) is 0 Å². The van der Waals surface area contributed by atoms with E-state index in [0.29, 0.717) is 13.1 Å². The van der Waals surface area contributed by atoms with Crippen molar-refractivity contribution < 1.29 is 9.59 Å². The topological polar surface area (TPSA) is 52.7 Å². The third kappa shape index (κ3) is 2.40. The highest BCUT2D eigenvalue weighted by atomic mass is 16.2. The Kier molecular flexibility index (Phi) is 3.94. The van der Waals surface area contributed by atoms with Gasteiger partial charge in [-0.1, -0.05) is 0 Å². The highest BCUT2D eigenvalue weighted by Gasteiger charge is 2.34. The summed E-state index contributed by atoms with van der Waals surface area (Å²) in [6.07, 6.45) is 1.67. The van der Waals surface area contributed by atoms with E-state index in [9.17, 15) is 9.59 Å². The first kappa shape index (κ1) is 11.8. The van der Waals surface area contributed by atoms with Gasteiger partial charge in [-0.3, -0.25) is 4.79 Å². The minimum Gasteiger partial charge on any atom is -0.357 e. The molecule has 1 atom stereocenters. The Morgan fingerprint density at radius 3 is 2.73 bits per heavy atom. The lowest BCUT2D eigenvalue weighted by atomic mass is 10.2. The molecule has 1 rings (SSSR count). The van der Waals surface area contributed by atoms with Crippen LogP contribution in [0.1, 0.15) is 19.8 Å². The van der Waals surface area contributed by atoms with E-state index >= 15 is 0 Å². The number of nitrogens with one attached hydrogen (secondary N) is 1. The number of amides is 3. The summed E-state index contributed by atoms with van der Waals surface area (Å²) in [7, 11) is 3.36. The molecule has 0 aromatic heterocycles. The van der Waals surface area contributed by atoms with Gasteiger partial charge in [-0.25, -0.2) is 4.79 Å². The van der Waals surface area contributed by atoms with Crippen molar-refractivity contribution in [3.63, 3.8) is 0 Å². The molecule has 1 fully saturated rings. The number of carbonyl (C=O) groups is 2. The molecule has 1 aliphatic heterocycles. The molecular weight excluding hydrogens is 194 g/mol. The fourth-order valence-corrected chi connectivity index (χ4v) is 1.79. The molecule has 1 heterocycles. The van der Waals surface area contributed by atoms with E-state index in [1.165, 1.54) is 0 Å². The van der Waals surface area contributed by atoms with Gasteiger partial charge in [-0.2, -0.15) is 0 Å². The summed E-state index contributed by atoms with van der Waals surface area (Å²) in [5.74, 6) is -0.0645. The van der Waals surface area contributed by atoms with Crippen molar-refractivity contribution in [1.29, 1.82) is 0 Å². The first-order valence-corrected chi connectivity index (χ1v) is 5.35. The molecule has 0 aromatic rings. The zero-order valence-corrected chi connectivity index (χ0v) is 9.62. The molecule has 0 bridgehead atoms. The van der Waals surface area contributed by atoms with Gasteiger partial charge < -0.3 is 15.1 Å². The normalized spacial score (nSPS) is 20.2. The molecule has 5 heteroatoms. The van der Waals surface area contributed by atoms with Crippen LogP contribution in [0.2, 0.25) is 0 Å². The molecule has 1 saturated heterocycles. The van der Waals surface area contributed by atoms with E-state index in [0.717, 1.165) is 12.8 Å². The summed E-state index contributed by atoms with van der Waals surface area (Å²) in [4.78, 5) is 26.7. The van der Waals surface area contributed by atoms with Gasteiger partial charge in [0.1, 0.15) is 6.04 Å². The minimum atomic E-state index is -0.281. The van der Waals surface area contributed by atoms with Gasteiger partial charge in [0.2, 0.25) is 5.91 Å². The molecule has 1 unspecified atom stereocenters. The zero-order chi connectivity index (χ0) is 11.4. The molecule has 1 N–H and O–H groups in total. The second-order valence-corrected chi connectivity index (χ2v) is 3.76. The smallest absolute Gasteiger partial charge is 0.320 e. The van der Waals surface area contributed by atoms with E-state index in [2.05, 4.69) is 5.32 Å². The van der Waals surface area contributed by atoms with Crippen LogP contribution in [0.4, 0.5) is 4.79 Å². The van der Waals surface area contributed by atoms with Gasteiger partial charge in [0.25, 0.3) is 0 Å². The summed E-state index contributed by atoms with van der Waals surface area (Å²) in [5, 5.41) is 2.60. The van der Waals surface area contributed by atoms with E-state index in [1.807, 2.05) is 6.92 Å². The van der Waals surface area contributed by atoms with E-state index in [-0.39, 0.29) is 18.0 Å². The molecule has 0 aromatic carbocycles. The fourth-order valence-electron chi connectivity index (χ4n) is 1.79. The summed E-state index contributed by atoms with van der Waals surface area (Å²) < 4.78 is 0. The Hall–Kier alpha value is -1.26. The second-order valence-electron chi connectivity index (χ2n) is 3.76. The van der Waals surface area contributed by atoms with Gasteiger partial charge in [0.05, 0.1) is 0 Å². The van der Waals surface area contributed by atoms with Crippen LogP contribution in [-0.2, 0) is 4.79 Å². The second kappa shape index (κ2) is 5.00. The van der Waals surface area contributed by atoms with Crippen LogP contribution in [0.3, 0.4) is 0 Å². The lowest BCUT2D eigenvalue weighted by Crippen LogP contribution is -2.49. The molecule has 0 spiro atoms. The monoisotopic (exact) mass is 213 g/mol. The van der Waals surface area contributed by atoms with Gasteiger partial charge in [0, 0.05) is 27.2 Å². The van der Waals surface area contributed by atoms with Crippen molar-refractivity contribution in [3.8, 4) is 0 Å². The third-order valence-electron chi connectivity index (χ3n) is 2.85. The number of urea groups is 1. The maximum Gasteiger partial charge on any atom is 0.320 e. The minimum absolute atomic E-state index is 0.0522. The number of hydrogen-bond acceptors (Lipinski definition) is 2. The van der Waals surface area contributed by atoms with Gasteiger partial charge in [-0.15, -0.1) is 0 Å². The SMILES string of the molecule is CCN(C)C(=O)N1CCCC1C(=O)NC. The van der Waals surface area contributed by atoms with Crippen molar-refractivity contribution in [2.75, 3.05) is 27.2 Å². The van der Waals surface area contributed by atoms with Crippen LogP contribution in [0.5, 0.6) is 0 Å². The molecule has 86 valence electrons. The Morgan fingerprint density at radius 2 is 2.20 bits per heavy atom. The van der Waals surface area contributed by atoms with Gasteiger partial charge in [0.15, 0.2) is 0 Å². The maximum absolute atomic E-state index is 11.9. The first-order chi connectivity index (χ1) is 7.11. The molecule has 0 radical (unpaired) electrons. The first-order valence-electron chi connectivity index (χ1n) is 5.35. The largest absolute Gasteiger partial charge is 0.357 e. The Labute approximate surface area is 90.4 Å². The van der Waals surface area contributed by atoms with E-state index in [1.54, 1.807) is 23.9 Å². The predicted molar refractivity (Wildman–Crippen MR) is 57.5 cm³/mol. The number of rotatable bonds is 2. The lowest BCUT2D eigenvalue weighted by Gasteiger charge is -2.27. The Morgan fingerprint density at radius 1 is 1.53 bits per heavy atom. The predicted octanol–water partition coefficient (Wildman–Crippen LogP) is 0.269. The van der Waals surface area contributed by atoms with E-state index < -0.39 is 0 Å². The average Bonchev–Trinajstić information content (AvgIpc) is 2.74. The molecule has 0 saturated carbocycles. The Bertz CT molecular complexity index is 255. The number of likely N-dealkylation sites (tertiary alicyclic amines) is 1. The van der Waals surface area contributed by atoms with Crippen LogP contribution in [0, 0.1) is 0 Å². The van der Waals surface area contributed by atoms with Crippen molar-refractivity contribution in [3.05, 3.63) is 0 Å². The van der Waals surface area contributed by atoms with Gasteiger partial charge in [-0.05, 0) is 19.8 Å². The van der Waals surface area contributed by atoms with Crippen LogP contribution >= 0.6 is 0 Å². The molecule has 3 amide bonds. The molecule has 5 nitrogen and oxygen atoms in total. The molecule has 1 aliphatic rings. The number of nitrogens with zero attached hydrogens (tertiary/aromatic N) is 2. The lowest BCUT2D eigenvalue weighted by molar-refractivity contribution is -0.124. The molecule has 0 aliphatic carbocycles. The fraction of sp³-hybridized carbons (Fsp3) is 0.800. The average molecular weight is 213 g/mol. The quantitative estimate of drug-likeness (QED) is 0.715. The summed E-state index contributed by atoms with van der Waals surface area (Å²) in [6.45, 7) is 3.26.